The first-order valence-corrected chi connectivity index (χ1v) is 6.60. The van der Waals surface area contributed by atoms with Crippen molar-refractivity contribution < 1.29 is 46.6 Å². The van der Waals surface area contributed by atoms with E-state index in [-0.39, 0.29) is 38.5 Å². The van der Waals surface area contributed by atoms with Crippen LogP contribution in [0.2, 0.25) is 0 Å². The molecule has 1 aromatic carbocycles. The summed E-state index contributed by atoms with van der Waals surface area (Å²) in [6, 6.07) is 6.35. The van der Waals surface area contributed by atoms with Crippen LogP contribution in [0, 0.1) is 6.08 Å². The van der Waals surface area contributed by atoms with E-state index < -0.39 is 13.0 Å². The molecule has 0 aliphatic carbocycles. The molecule has 20 heavy (non-hydrogen) atoms. The van der Waals surface area contributed by atoms with E-state index in [4.69, 9.17) is 0 Å². The Labute approximate surface area is 155 Å². The third-order valence-electron chi connectivity index (χ3n) is 2.67. The summed E-state index contributed by atoms with van der Waals surface area (Å²) in [5.41, 5.74) is 1.77. The predicted molar refractivity (Wildman–Crippen MR) is 78.7 cm³/mol. The Balaban J connectivity index is 0.00000200. The summed E-state index contributed by atoms with van der Waals surface area (Å²) in [6.07, 6.45) is 2.24. The molecule has 0 aromatic heterocycles. The van der Waals surface area contributed by atoms with Gasteiger partial charge < -0.3 is 10.0 Å². The van der Waals surface area contributed by atoms with Crippen LogP contribution in [0.25, 0.3) is 5.70 Å². The Morgan fingerprint density at radius 2 is 1.90 bits per heavy atom. The van der Waals surface area contributed by atoms with Crippen molar-refractivity contribution in [2.24, 2.45) is 0 Å². The maximum Gasteiger partial charge on any atom is 0.256 e. The van der Waals surface area contributed by atoms with Crippen molar-refractivity contribution in [3.8, 4) is 5.75 Å². The molecule has 0 unspecified atom stereocenters. The summed E-state index contributed by atoms with van der Waals surface area (Å²) >= 11 is 2.04. The Morgan fingerprint density at radius 1 is 1.30 bits per heavy atom. The molecule has 103 valence electrons. The quantitative estimate of drug-likeness (QED) is 0.543. The van der Waals surface area contributed by atoms with Gasteiger partial charge in [0, 0.05) is 32.7 Å². The van der Waals surface area contributed by atoms with Gasteiger partial charge in [0.25, 0.3) is 6.43 Å². The van der Waals surface area contributed by atoms with Gasteiger partial charge in [-0.3, -0.25) is 0 Å². The molecule has 1 aromatic rings. The van der Waals surface area contributed by atoms with Gasteiger partial charge in [0.2, 0.25) is 0 Å². The van der Waals surface area contributed by atoms with Gasteiger partial charge in [0.1, 0.15) is 5.75 Å². The molecule has 0 fully saturated rings. The number of phenols is 1. The smallest absolute Gasteiger partial charge is 0.256 e. The number of hydrogen-bond donors (Lipinski definition) is 1. The first-order valence-electron chi connectivity index (χ1n) is 5.52. The second-order valence-corrected chi connectivity index (χ2v) is 5.14. The largest absolute Gasteiger partial charge is 0.508 e. The average molecular weight is 463 g/mol. The molecule has 0 spiro atoms. The molecule has 0 bridgehead atoms. The molecule has 1 aliphatic rings. The summed E-state index contributed by atoms with van der Waals surface area (Å²) in [7, 11) is 0. The standard InChI is InChI=1S/C14H11F2INO.Y/c1-9-12(17)6-7-13(18(9)8-14(15)16)10-2-4-11(19)5-3-10;/h2-6,14,19H,1,8H2;/q-1;. The van der Waals surface area contributed by atoms with Gasteiger partial charge in [-0.25, -0.2) is 8.78 Å². The van der Waals surface area contributed by atoms with Crippen LogP contribution in [-0.2, 0) is 32.7 Å². The summed E-state index contributed by atoms with van der Waals surface area (Å²) in [5, 5.41) is 9.27. The zero-order valence-corrected chi connectivity index (χ0v) is 15.5. The van der Waals surface area contributed by atoms with Crippen molar-refractivity contribution in [3.05, 3.63) is 57.8 Å². The van der Waals surface area contributed by atoms with Crippen LogP contribution in [0.4, 0.5) is 8.78 Å². The predicted octanol–water partition coefficient (Wildman–Crippen LogP) is 3.95. The number of halogens is 3. The molecule has 0 amide bonds. The van der Waals surface area contributed by atoms with Crippen LogP contribution in [0.1, 0.15) is 5.56 Å². The van der Waals surface area contributed by atoms with Crippen molar-refractivity contribution in [2.75, 3.05) is 6.54 Å². The molecular weight excluding hydrogens is 452 g/mol. The van der Waals surface area contributed by atoms with Gasteiger partial charge in [0.15, 0.2) is 0 Å². The van der Waals surface area contributed by atoms with Gasteiger partial charge >= 0.3 is 0 Å². The summed E-state index contributed by atoms with van der Waals surface area (Å²) < 4.78 is 26.2. The number of aromatic hydroxyl groups is 1. The maximum atomic E-state index is 12.7. The van der Waals surface area contributed by atoms with Crippen molar-refractivity contribution in [3.63, 3.8) is 0 Å². The topological polar surface area (TPSA) is 23.5 Å². The zero-order valence-electron chi connectivity index (χ0n) is 10.5. The van der Waals surface area contributed by atoms with Gasteiger partial charge in [0.05, 0.1) is 6.54 Å². The fraction of sp³-hybridized carbons (Fsp3) is 0.143. The minimum atomic E-state index is -2.46. The van der Waals surface area contributed by atoms with E-state index in [2.05, 4.69) is 12.7 Å². The maximum absolute atomic E-state index is 12.7. The van der Waals surface area contributed by atoms with E-state index in [1.165, 1.54) is 17.0 Å². The molecule has 6 heteroatoms. The van der Waals surface area contributed by atoms with Crippen molar-refractivity contribution in [2.45, 2.75) is 6.43 Å². The second kappa shape index (κ2) is 7.66. The number of hydrogen-bond acceptors (Lipinski definition) is 2. The minimum Gasteiger partial charge on any atom is -0.508 e. The molecule has 0 saturated heterocycles. The van der Waals surface area contributed by atoms with E-state index >= 15 is 0 Å². The van der Waals surface area contributed by atoms with Crippen LogP contribution in [0.15, 0.2) is 46.2 Å². The number of allylic oxidation sites excluding steroid dienone is 3. The Morgan fingerprint density at radius 3 is 2.45 bits per heavy atom. The number of alkyl halides is 2. The Hall–Kier alpha value is -0.266. The van der Waals surface area contributed by atoms with Gasteiger partial charge in [-0.05, 0) is 17.8 Å². The van der Waals surface area contributed by atoms with Crippen molar-refractivity contribution in [1.29, 1.82) is 0 Å². The first kappa shape index (κ1) is 17.8. The number of nitrogens with zero attached hydrogens (tertiary/aromatic N) is 1. The van der Waals surface area contributed by atoms with E-state index in [0.29, 0.717) is 17.0 Å². The van der Waals surface area contributed by atoms with Crippen molar-refractivity contribution >= 4 is 28.3 Å². The van der Waals surface area contributed by atoms with Crippen LogP contribution in [0.3, 0.4) is 0 Å². The van der Waals surface area contributed by atoms with Gasteiger partial charge in [-0.2, -0.15) is 12.2 Å². The third kappa shape index (κ3) is 4.12. The Kier molecular flexibility index (Phi) is 6.81. The molecule has 2 rings (SSSR count). The molecule has 1 aliphatic heterocycles. The SMILES string of the molecule is C=C1C(I)=C[C-]=C(c2ccc(O)cc2)N1CC(F)F.[Y]. The van der Waals surface area contributed by atoms with Crippen LogP contribution >= 0.6 is 22.6 Å². The molecular formula is C14H11F2INOY-. The third-order valence-corrected chi connectivity index (χ3v) is 3.60. The summed E-state index contributed by atoms with van der Waals surface area (Å²) in [5.74, 6) is 0.129. The van der Waals surface area contributed by atoms with E-state index in [0.717, 1.165) is 3.58 Å². The number of rotatable bonds is 3. The van der Waals surface area contributed by atoms with Crippen LogP contribution in [0.5, 0.6) is 5.75 Å². The molecule has 2 nitrogen and oxygen atoms in total. The fourth-order valence-electron chi connectivity index (χ4n) is 1.75. The Bertz CT molecular complexity index is 555. The van der Waals surface area contributed by atoms with Gasteiger partial charge in [-0.1, -0.05) is 21.4 Å². The summed E-state index contributed by atoms with van der Waals surface area (Å²) in [4.78, 5) is 1.44. The van der Waals surface area contributed by atoms with Crippen LogP contribution in [-0.4, -0.2) is 23.0 Å². The van der Waals surface area contributed by atoms with Gasteiger partial charge in [-0.15, -0.1) is 34.7 Å². The van der Waals surface area contributed by atoms with E-state index in [1.54, 1.807) is 18.2 Å². The molecule has 1 radical (unpaired) electrons. The molecule has 0 saturated carbocycles. The molecule has 0 atom stereocenters. The zero-order chi connectivity index (χ0) is 14.0. The second-order valence-electron chi connectivity index (χ2n) is 3.98. The average Bonchev–Trinajstić information content (AvgIpc) is 2.36. The van der Waals surface area contributed by atoms with Crippen LogP contribution < -0.4 is 0 Å². The van der Waals surface area contributed by atoms with Crippen molar-refractivity contribution in [1.82, 2.24) is 4.90 Å². The number of phenolic OH excluding ortho intramolecular Hbond substituents is 1. The van der Waals surface area contributed by atoms with E-state index in [9.17, 15) is 13.9 Å². The first-order chi connectivity index (χ1) is 8.99. The van der Waals surface area contributed by atoms with E-state index in [1.807, 2.05) is 22.6 Å². The fourth-order valence-corrected chi connectivity index (χ4v) is 2.20. The minimum absolute atomic E-state index is 0. The molecule has 1 heterocycles. The normalized spacial score (nSPS) is 14.8. The monoisotopic (exact) mass is 463 g/mol. The number of benzene rings is 1. The molecule has 1 N–H and O–H groups in total. The summed E-state index contributed by atoms with van der Waals surface area (Å²) in [6.45, 7) is 3.40.